The van der Waals surface area contributed by atoms with Crippen LogP contribution in [-0.4, -0.2) is 9.97 Å². The van der Waals surface area contributed by atoms with Gasteiger partial charge in [0.2, 0.25) is 0 Å². The lowest BCUT2D eigenvalue weighted by Gasteiger charge is -2.13. The van der Waals surface area contributed by atoms with E-state index in [-0.39, 0.29) is 0 Å². The molecule has 4 aromatic carbocycles. The predicted molar refractivity (Wildman–Crippen MR) is 141 cm³/mol. The van der Waals surface area contributed by atoms with Crippen LogP contribution in [0.4, 0.5) is 0 Å². The number of hydrogen-bond donors (Lipinski definition) is 0. The van der Waals surface area contributed by atoms with Gasteiger partial charge in [-0.15, -0.1) is 0 Å². The van der Waals surface area contributed by atoms with E-state index in [9.17, 15) is 0 Å². The minimum atomic E-state index is 0.977. The van der Waals surface area contributed by atoms with Crippen LogP contribution in [0.15, 0.2) is 134 Å². The Balaban J connectivity index is 1.59. The smallest absolute Gasteiger partial charge is 0.0716 e. The maximum atomic E-state index is 5.04. The second kappa shape index (κ2) is 8.76. The number of nitrogens with zero attached hydrogens (tertiary/aromatic N) is 2. The SMILES string of the molecule is c1ccc(-c2ccc3nc(-c4ccccc4)cc(-c4cccc(-c5ccncc5)c4)c3c2)cc1. The largest absolute Gasteiger partial charge is 0.265 e. The second-order valence-corrected chi connectivity index (χ2v) is 8.34. The molecule has 34 heavy (non-hydrogen) atoms. The molecule has 0 amide bonds. The van der Waals surface area contributed by atoms with Crippen LogP contribution < -0.4 is 0 Å². The minimum Gasteiger partial charge on any atom is -0.265 e. The molecular weight excluding hydrogens is 412 g/mol. The average Bonchev–Trinajstić information content (AvgIpc) is 2.93. The van der Waals surface area contributed by atoms with Gasteiger partial charge in [0, 0.05) is 23.3 Å². The summed E-state index contributed by atoms with van der Waals surface area (Å²) in [4.78, 5) is 9.21. The number of rotatable bonds is 4. The van der Waals surface area contributed by atoms with E-state index >= 15 is 0 Å². The van der Waals surface area contributed by atoms with Crippen LogP contribution in [0.5, 0.6) is 0 Å². The molecule has 0 unspecified atom stereocenters. The third-order valence-electron chi connectivity index (χ3n) is 6.17. The summed E-state index contributed by atoms with van der Waals surface area (Å²) in [7, 11) is 0. The number of benzene rings is 4. The van der Waals surface area contributed by atoms with Crippen LogP contribution in [-0.2, 0) is 0 Å². The Hall–Kier alpha value is -4.56. The topological polar surface area (TPSA) is 25.8 Å². The molecule has 2 heterocycles. The summed E-state index contributed by atoms with van der Waals surface area (Å²) in [6.45, 7) is 0. The number of aromatic nitrogens is 2. The highest BCUT2D eigenvalue weighted by Gasteiger charge is 2.12. The molecule has 0 spiro atoms. The fourth-order valence-electron chi connectivity index (χ4n) is 4.44. The predicted octanol–water partition coefficient (Wildman–Crippen LogP) is 8.30. The summed E-state index contributed by atoms with van der Waals surface area (Å²) in [6, 6.07) is 42.5. The Labute approximate surface area is 199 Å². The average molecular weight is 435 g/mol. The summed E-state index contributed by atoms with van der Waals surface area (Å²) in [5.41, 5.74) is 10.1. The number of pyridine rings is 2. The fraction of sp³-hybridized carbons (Fsp3) is 0. The van der Waals surface area contributed by atoms with Gasteiger partial charge in [-0.1, -0.05) is 84.9 Å². The van der Waals surface area contributed by atoms with Crippen LogP contribution in [0.2, 0.25) is 0 Å². The molecule has 0 radical (unpaired) electrons. The van der Waals surface area contributed by atoms with Crippen LogP contribution in [0.1, 0.15) is 0 Å². The lowest BCUT2D eigenvalue weighted by Crippen LogP contribution is -1.91. The van der Waals surface area contributed by atoms with Crippen molar-refractivity contribution < 1.29 is 0 Å². The van der Waals surface area contributed by atoms with Gasteiger partial charge in [-0.05, 0) is 69.8 Å². The van der Waals surface area contributed by atoms with E-state index in [1.54, 1.807) is 0 Å². The summed E-state index contributed by atoms with van der Waals surface area (Å²) in [5.74, 6) is 0. The van der Waals surface area contributed by atoms with Gasteiger partial charge < -0.3 is 0 Å². The van der Waals surface area contributed by atoms with Crippen molar-refractivity contribution in [3.63, 3.8) is 0 Å². The van der Waals surface area contributed by atoms with Gasteiger partial charge in [-0.25, -0.2) is 4.98 Å². The Kier molecular flexibility index (Phi) is 5.17. The molecule has 0 fully saturated rings. The van der Waals surface area contributed by atoms with Gasteiger partial charge in [0.05, 0.1) is 11.2 Å². The van der Waals surface area contributed by atoms with Crippen molar-refractivity contribution in [2.75, 3.05) is 0 Å². The van der Waals surface area contributed by atoms with E-state index in [0.29, 0.717) is 0 Å². The molecule has 0 saturated carbocycles. The monoisotopic (exact) mass is 434 g/mol. The van der Waals surface area contributed by atoms with Gasteiger partial charge in [0.25, 0.3) is 0 Å². The van der Waals surface area contributed by atoms with Crippen LogP contribution >= 0.6 is 0 Å². The van der Waals surface area contributed by atoms with E-state index < -0.39 is 0 Å². The summed E-state index contributed by atoms with van der Waals surface area (Å²) in [5, 5.41) is 1.15. The van der Waals surface area contributed by atoms with Crippen molar-refractivity contribution in [2.45, 2.75) is 0 Å². The second-order valence-electron chi connectivity index (χ2n) is 8.34. The van der Waals surface area contributed by atoms with Crippen molar-refractivity contribution in [1.29, 1.82) is 0 Å². The van der Waals surface area contributed by atoms with Crippen LogP contribution in [0.25, 0.3) is 55.5 Å². The Bertz CT molecular complexity index is 1570. The molecule has 0 saturated heterocycles. The quantitative estimate of drug-likeness (QED) is 0.279. The van der Waals surface area contributed by atoms with E-state index in [2.05, 4.69) is 102 Å². The van der Waals surface area contributed by atoms with Crippen LogP contribution in [0.3, 0.4) is 0 Å². The summed E-state index contributed by atoms with van der Waals surface area (Å²) in [6.07, 6.45) is 3.67. The first-order valence-corrected chi connectivity index (χ1v) is 11.4. The van der Waals surface area contributed by atoms with Crippen molar-refractivity contribution in [3.8, 4) is 44.6 Å². The Morgan fingerprint density at radius 2 is 1.03 bits per heavy atom. The van der Waals surface area contributed by atoms with E-state index in [1.807, 2.05) is 36.7 Å². The molecule has 6 rings (SSSR count). The molecule has 2 aromatic heterocycles. The molecule has 0 N–H and O–H groups in total. The molecule has 0 aliphatic heterocycles. The fourth-order valence-corrected chi connectivity index (χ4v) is 4.44. The van der Waals surface area contributed by atoms with E-state index in [4.69, 9.17) is 4.98 Å². The lowest BCUT2D eigenvalue weighted by atomic mass is 9.93. The molecule has 2 nitrogen and oxygen atoms in total. The first-order chi connectivity index (χ1) is 16.8. The summed E-state index contributed by atoms with van der Waals surface area (Å²) < 4.78 is 0. The van der Waals surface area contributed by atoms with E-state index in [0.717, 1.165) is 27.7 Å². The zero-order valence-electron chi connectivity index (χ0n) is 18.6. The zero-order chi connectivity index (χ0) is 22.7. The molecule has 0 atom stereocenters. The van der Waals surface area contributed by atoms with Gasteiger partial charge in [-0.2, -0.15) is 0 Å². The number of fused-ring (bicyclic) bond motifs is 1. The Morgan fingerprint density at radius 3 is 1.79 bits per heavy atom. The van der Waals surface area contributed by atoms with Crippen molar-refractivity contribution in [3.05, 3.63) is 134 Å². The molecule has 0 aliphatic carbocycles. The highest BCUT2D eigenvalue weighted by molar-refractivity contribution is 5.99. The highest BCUT2D eigenvalue weighted by Crippen LogP contribution is 2.36. The molecule has 6 aromatic rings. The maximum absolute atomic E-state index is 5.04. The zero-order valence-corrected chi connectivity index (χ0v) is 18.6. The highest BCUT2D eigenvalue weighted by atomic mass is 14.7. The van der Waals surface area contributed by atoms with Gasteiger partial charge >= 0.3 is 0 Å². The molecule has 160 valence electrons. The van der Waals surface area contributed by atoms with Crippen molar-refractivity contribution in [2.24, 2.45) is 0 Å². The lowest BCUT2D eigenvalue weighted by molar-refractivity contribution is 1.33. The minimum absolute atomic E-state index is 0.977. The first-order valence-electron chi connectivity index (χ1n) is 11.4. The normalized spacial score (nSPS) is 10.9. The van der Waals surface area contributed by atoms with Gasteiger partial charge in [-0.3, -0.25) is 4.98 Å². The molecule has 0 bridgehead atoms. The van der Waals surface area contributed by atoms with Gasteiger partial charge in [0.1, 0.15) is 0 Å². The maximum Gasteiger partial charge on any atom is 0.0716 e. The molecule has 2 heteroatoms. The first kappa shape index (κ1) is 20.1. The van der Waals surface area contributed by atoms with Crippen molar-refractivity contribution >= 4 is 10.9 Å². The number of hydrogen-bond acceptors (Lipinski definition) is 2. The molecular formula is C32H22N2. The van der Waals surface area contributed by atoms with Crippen LogP contribution in [0, 0.1) is 0 Å². The van der Waals surface area contributed by atoms with Crippen molar-refractivity contribution in [1.82, 2.24) is 9.97 Å². The summed E-state index contributed by atoms with van der Waals surface area (Å²) >= 11 is 0. The standard InChI is InChI=1S/C32H22N2/c1-3-8-23(9-4-1)27-14-15-31-30(21-27)29(22-32(34-31)25-10-5-2-6-11-25)28-13-7-12-26(20-28)24-16-18-33-19-17-24/h1-22H. The molecule has 0 aliphatic rings. The Morgan fingerprint density at radius 1 is 0.412 bits per heavy atom. The van der Waals surface area contributed by atoms with Gasteiger partial charge in [0.15, 0.2) is 0 Å². The third-order valence-corrected chi connectivity index (χ3v) is 6.17. The van der Waals surface area contributed by atoms with E-state index in [1.165, 1.54) is 27.8 Å². The third kappa shape index (κ3) is 3.87.